The maximum Gasteiger partial charge on any atom is 0.263 e. The maximum atomic E-state index is 12.8. The van der Waals surface area contributed by atoms with Crippen molar-refractivity contribution in [2.45, 2.75) is 32.4 Å². The lowest BCUT2D eigenvalue weighted by Crippen LogP contribution is -2.52. The SMILES string of the molecule is C[C@H](Oc1cccc(Cl)c1)C(=O)N1CCN(c2nc(CN3CCCC3)cs2)CC1. The fourth-order valence-corrected chi connectivity index (χ4v) is 4.90. The van der Waals surface area contributed by atoms with Gasteiger partial charge in [-0.2, -0.15) is 0 Å². The predicted octanol–water partition coefficient (Wildman–Crippen LogP) is 3.51. The molecule has 2 aliphatic heterocycles. The Morgan fingerprint density at radius 1 is 1.21 bits per heavy atom. The Kier molecular flexibility index (Phi) is 6.57. The minimum Gasteiger partial charge on any atom is -0.481 e. The number of thiazole rings is 1. The van der Waals surface area contributed by atoms with Crippen LogP contribution in [0.2, 0.25) is 5.02 Å². The summed E-state index contributed by atoms with van der Waals surface area (Å²) in [7, 11) is 0. The number of nitrogens with zero attached hydrogens (tertiary/aromatic N) is 4. The second-order valence-electron chi connectivity index (χ2n) is 7.63. The zero-order valence-corrected chi connectivity index (χ0v) is 18.3. The number of anilines is 1. The van der Waals surface area contributed by atoms with Gasteiger partial charge in [-0.3, -0.25) is 9.69 Å². The van der Waals surface area contributed by atoms with E-state index in [0.717, 1.165) is 30.5 Å². The summed E-state index contributed by atoms with van der Waals surface area (Å²) >= 11 is 7.70. The van der Waals surface area contributed by atoms with Gasteiger partial charge >= 0.3 is 0 Å². The topological polar surface area (TPSA) is 48.9 Å². The molecule has 2 fully saturated rings. The largest absolute Gasteiger partial charge is 0.481 e. The van der Waals surface area contributed by atoms with Crippen molar-refractivity contribution in [1.82, 2.24) is 14.8 Å². The zero-order chi connectivity index (χ0) is 20.2. The van der Waals surface area contributed by atoms with Crippen LogP contribution in [0.15, 0.2) is 29.6 Å². The van der Waals surface area contributed by atoms with E-state index in [-0.39, 0.29) is 5.91 Å². The Morgan fingerprint density at radius 3 is 2.69 bits per heavy atom. The van der Waals surface area contributed by atoms with Crippen LogP contribution in [0.5, 0.6) is 5.75 Å². The summed E-state index contributed by atoms with van der Waals surface area (Å²) in [4.78, 5) is 24.2. The van der Waals surface area contributed by atoms with E-state index < -0.39 is 6.10 Å². The number of benzene rings is 1. The molecule has 2 aliphatic rings. The number of hydrogen-bond acceptors (Lipinski definition) is 6. The highest BCUT2D eigenvalue weighted by atomic mass is 35.5. The second kappa shape index (κ2) is 9.32. The van der Waals surface area contributed by atoms with Gasteiger partial charge in [0.1, 0.15) is 5.75 Å². The van der Waals surface area contributed by atoms with Crippen LogP contribution in [0.3, 0.4) is 0 Å². The predicted molar refractivity (Wildman–Crippen MR) is 117 cm³/mol. The van der Waals surface area contributed by atoms with E-state index >= 15 is 0 Å². The Labute approximate surface area is 181 Å². The average Bonchev–Trinajstić information content (AvgIpc) is 3.40. The summed E-state index contributed by atoms with van der Waals surface area (Å²) in [6.45, 7) is 8.07. The summed E-state index contributed by atoms with van der Waals surface area (Å²) < 4.78 is 5.78. The first-order valence-electron chi connectivity index (χ1n) is 10.2. The lowest BCUT2D eigenvalue weighted by Gasteiger charge is -2.35. The molecule has 0 unspecified atom stereocenters. The molecule has 0 radical (unpaired) electrons. The van der Waals surface area contributed by atoms with Gasteiger partial charge in [0, 0.05) is 43.1 Å². The molecule has 0 spiro atoms. The molecular weight excluding hydrogens is 408 g/mol. The highest BCUT2D eigenvalue weighted by Crippen LogP contribution is 2.24. The number of likely N-dealkylation sites (tertiary alicyclic amines) is 1. The second-order valence-corrected chi connectivity index (χ2v) is 8.91. The van der Waals surface area contributed by atoms with Crippen LogP contribution < -0.4 is 9.64 Å². The number of carbonyl (C=O) groups is 1. The van der Waals surface area contributed by atoms with Crippen molar-refractivity contribution >= 4 is 34.0 Å². The molecule has 8 heteroatoms. The molecule has 0 bridgehead atoms. The van der Waals surface area contributed by atoms with Gasteiger partial charge in [-0.1, -0.05) is 17.7 Å². The van der Waals surface area contributed by atoms with Crippen LogP contribution in [0.25, 0.3) is 0 Å². The fourth-order valence-electron chi connectivity index (χ4n) is 3.85. The van der Waals surface area contributed by atoms with E-state index in [1.165, 1.54) is 25.9 Å². The lowest BCUT2D eigenvalue weighted by atomic mass is 10.2. The quantitative estimate of drug-likeness (QED) is 0.696. The molecule has 2 saturated heterocycles. The molecule has 4 rings (SSSR count). The maximum absolute atomic E-state index is 12.8. The van der Waals surface area contributed by atoms with E-state index in [9.17, 15) is 4.79 Å². The molecule has 1 atom stereocenters. The molecule has 1 aromatic heterocycles. The first-order chi connectivity index (χ1) is 14.1. The van der Waals surface area contributed by atoms with E-state index in [0.29, 0.717) is 23.9 Å². The Bertz CT molecular complexity index is 832. The van der Waals surface area contributed by atoms with Gasteiger partial charge < -0.3 is 14.5 Å². The summed E-state index contributed by atoms with van der Waals surface area (Å²) in [5, 5.41) is 3.84. The van der Waals surface area contributed by atoms with Crippen molar-refractivity contribution < 1.29 is 9.53 Å². The molecule has 6 nitrogen and oxygen atoms in total. The number of amides is 1. The summed E-state index contributed by atoms with van der Waals surface area (Å²) in [6.07, 6.45) is 2.06. The van der Waals surface area contributed by atoms with Crippen LogP contribution in [0.4, 0.5) is 5.13 Å². The van der Waals surface area contributed by atoms with Gasteiger partial charge in [0.25, 0.3) is 5.91 Å². The Hall–Kier alpha value is -1.83. The minimum atomic E-state index is -0.535. The summed E-state index contributed by atoms with van der Waals surface area (Å²) in [5.41, 5.74) is 1.16. The molecule has 2 aromatic rings. The van der Waals surface area contributed by atoms with Gasteiger partial charge in [-0.25, -0.2) is 4.98 Å². The first-order valence-corrected chi connectivity index (χ1v) is 11.5. The molecule has 1 amide bonds. The van der Waals surface area contributed by atoms with Crippen molar-refractivity contribution in [1.29, 1.82) is 0 Å². The number of rotatable bonds is 6. The van der Waals surface area contributed by atoms with Gasteiger partial charge in [-0.15, -0.1) is 11.3 Å². The van der Waals surface area contributed by atoms with Gasteiger partial charge in [0.2, 0.25) is 0 Å². The number of carbonyl (C=O) groups excluding carboxylic acids is 1. The standard InChI is InChI=1S/C21H27ClN4O2S/c1-16(28-19-6-4-5-17(22)13-19)20(27)25-9-11-26(12-10-25)21-23-18(15-29-21)14-24-7-2-3-8-24/h4-6,13,15-16H,2-3,7-12,14H2,1H3/t16-/m0/s1. The van der Waals surface area contributed by atoms with Gasteiger partial charge in [0.05, 0.1) is 5.69 Å². The van der Waals surface area contributed by atoms with E-state index in [2.05, 4.69) is 15.2 Å². The van der Waals surface area contributed by atoms with Crippen LogP contribution in [0.1, 0.15) is 25.5 Å². The molecule has 3 heterocycles. The number of piperazine rings is 1. The van der Waals surface area contributed by atoms with Crippen molar-refractivity contribution in [3.8, 4) is 5.75 Å². The van der Waals surface area contributed by atoms with Crippen molar-refractivity contribution in [3.05, 3.63) is 40.4 Å². The fraction of sp³-hybridized carbons (Fsp3) is 0.524. The van der Waals surface area contributed by atoms with Crippen LogP contribution in [-0.2, 0) is 11.3 Å². The Balaban J connectivity index is 1.27. The number of ether oxygens (including phenoxy) is 1. The van der Waals surface area contributed by atoms with Gasteiger partial charge in [0.15, 0.2) is 11.2 Å². The van der Waals surface area contributed by atoms with E-state index in [1.54, 1.807) is 30.4 Å². The first kappa shape index (κ1) is 20.4. The van der Waals surface area contributed by atoms with Crippen LogP contribution in [-0.4, -0.2) is 66.1 Å². The molecule has 0 N–H and O–H groups in total. The molecular formula is C21H27ClN4O2S. The van der Waals surface area contributed by atoms with E-state index in [1.807, 2.05) is 17.0 Å². The molecule has 1 aromatic carbocycles. The van der Waals surface area contributed by atoms with Crippen molar-refractivity contribution in [3.63, 3.8) is 0 Å². The molecule has 0 aliphatic carbocycles. The van der Waals surface area contributed by atoms with Crippen molar-refractivity contribution in [2.24, 2.45) is 0 Å². The van der Waals surface area contributed by atoms with E-state index in [4.69, 9.17) is 21.3 Å². The smallest absolute Gasteiger partial charge is 0.263 e. The lowest BCUT2D eigenvalue weighted by molar-refractivity contribution is -0.138. The van der Waals surface area contributed by atoms with Crippen LogP contribution in [0, 0.1) is 0 Å². The zero-order valence-electron chi connectivity index (χ0n) is 16.7. The Morgan fingerprint density at radius 2 is 1.97 bits per heavy atom. The summed E-state index contributed by atoms with van der Waals surface area (Å²) in [5.74, 6) is 0.629. The van der Waals surface area contributed by atoms with Crippen LogP contribution >= 0.6 is 22.9 Å². The highest BCUT2D eigenvalue weighted by Gasteiger charge is 2.27. The number of hydrogen-bond donors (Lipinski definition) is 0. The number of aromatic nitrogens is 1. The monoisotopic (exact) mass is 434 g/mol. The minimum absolute atomic E-state index is 0.0125. The van der Waals surface area contributed by atoms with Gasteiger partial charge in [-0.05, 0) is 51.1 Å². The third-order valence-electron chi connectivity index (χ3n) is 5.44. The third-order valence-corrected chi connectivity index (χ3v) is 6.63. The third kappa shape index (κ3) is 5.21. The molecule has 29 heavy (non-hydrogen) atoms. The van der Waals surface area contributed by atoms with Crippen molar-refractivity contribution in [2.75, 3.05) is 44.2 Å². The number of halogens is 1. The normalized spacial score (nSPS) is 18.8. The molecule has 0 saturated carbocycles. The average molecular weight is 435 g/mol. The molecule has 156 valence electrons. The summed E-state index contributed by atoms with van der Waals surface area (Å²) in [6, 6.07) is 7.15. The highest BCUT2D eigenvalue weighted by molar-refractivity contribution is 7.13.